The first kappa shape index (κ1) is 14.2. The van der Waals surface area contributed by atoms with Crippen molar-refractivity contribution >= 4 is 0 Å². The molecule has 0 fully saturated rings. The van der Waals surface area contributed by atoms with E-state index < -0.39 is 0 Å². The van der Waals surface area contributed by atoms with Gasteiger partial charge in [-0.3, -0.25) is 4.68 Å². The Kier molecular flexibility index (Phi) is 6.94. The van der Waals surface area contributed by atoms with Gasteiger partial charge in [0.1, 0.15) is 0 Å². The molecule has 3 nitrogen and oxygen atoms in total. The van der Waals surface area contributed by atoms with Crippen LogP contribution in [0.2, 0.25) is 0 Å². The molecule has 0 aliphatic rings. The zero-order valence-electron chi connectivity index (χ0n) is 11.6. The van der Waals surface area contributed by atoms with Gasteiger partial charge in [-0.25, -0.2) is 0 Å². The number of nitrogens with one attached hydrogen (secondary N) is 1. The standard InChI is InChI=1S/C14H27N3/c1-4-7-8-9-10-13(15-5-2)14-11-12-16-17(14)6-3/h11-13,15H,4-10H2,1-3H3. The van der Waals surface area contributed by atoms with Crippen LogP contribution in [-0.2, 0) is 6.54 Å². The van der Waals surface area contributed by atoms with E-state index in [2.05, 4.69) is 41.9 Å². The second kappa shape index (κ2) is 8.29. The minimum Gasteiger partial charge on any atom is -0.309 e. The largest absolute Gasteiger partial charge is 0.309 e. The summed E-state index contributed by atoms with van der Waals surface area (Å²) in [6.07, 6.45) is 8.44. The lowest BCUT2D eigenvalue weighted by Crippen LogP contribution is -2.23. The minimum absolute atomic E-state index is 0.472. The second-order valence-electron chi connectivity index (χ2n) is 4.53. The van der Waals surface area contributed by atoms with Crippen molar-refractivity contribution in [2.75, 3.05) is 6.54 Å². The molecule has 0 saturated carbocycles. The summed E-state index contributed by atoms with van der Waals surface area (Å²) in [6, 6.07) is 2.62. The Labute approximate surface area is 106 Å². The lowest BCUT2D eigenvalue weighted by molar-refractivity contribution is 0.445. The normalized spacial score (nSPS) is 12.9. The van der Waals surface area contributed by atoms with E-state index in [4.69, 9.17) is 0 Å². The van der Waals surface area contributed by atoms with Crippen LogP contribution in [0.1, 0.15) is 64.6 Å². The molecule has 1 aromatic rings. The van der Waals surface area contributed by atoms with E-state index in [1.54, 1.807) is 0 Å². The van der Waals surface area contributed by atoms with Crippen LogP contribution in [0.3, 0.4) is 0 Å². The molecular formula is C14H27N3. The van der Waals surface area contributed by atoms with Crippen LogP contribution in [-0.4, -0.2) is 16.3 Å². The highest BCUT2D eigenvalue weighted by molar-refractivity contribution is 5.06. The Hall–Kier alpha value is -0.830. The maximum Gasteiger partial charge on any atom is 0.0553 e. The van der Waals surface area contributed by atoms with Gasteiger partial charge in [0, 0.05) is 18.8 Å². The monoisotopic (exact) mass is 237 g/mol. The molecule has 98 valence electrons. The number of rotatable bonds is 9. The van der Waals surface area contributed by atoms with Gasteiger partial charge < -0.3 is 5.32 Å². The maximum atomic E-state index is 4.36. The van der Waals surface area contributed by atoms with Gasteiger partial charge >= 0.3 is 0 Å². The van der Waals surface area contributed by atoms with Crippen molar-refractivity contribution in [2.45, 2.75) is 65.5 Å². The highest BCUT2D eigenvalue weighted by atomic mass is 15.3. The minimum atomic E-state index is 0.472. The molecule has 1 unspecified atom stereocenters. The number of aryl methyl sites for hydroxylation is 1. The summed E-state index contributed by atoms with van der Waals surface area (Å²) in [5.41, 5.74) is 1.34. The first-order valence-electron chi connectivity index (χ1n) is 7.08. The van der Waals surface area contributed by atoms with Gasteiger partial charge in [-0.2, -0.15) is 5.10 Å². The lowest BCUT2D eigenvalue weighted by atomic mass is 10.0. The lowest BCUT2D eigenvalue weighted by Gasteiger charge is -2.19. The number of nitrogens with zero attached hydrogens (tertiary/aromatic N) is 2. The molecule has 1 N–H and O–H groups in total. The molecule has 0 saturated heterocycles. The van der Waals surface area contributed by atoms with E-state index in [9.17, 15) is 0 Å². The average Bonchev–Trinajstić information content (AvgIpc) is 2.81. The van der Waals surface area contributed by atoms with E-state index in [1.165, 1.54) is 37.8 Å². The van der Waals surface area contributed by atoms with Crippen molar-refractivity contribution in [1.29, 1.82) is 0 Å². The Morgan fingerprint density at radius 1 is 1.24 bits per heavy atom. The third-order valence-electron chi connectivity index (χ3n) is 3.20. The highest BCUT2D eigenvalue weighted by Gasteiger charge is 2.13. The van der Waals surface area contributed by atoms with Crippen LogP contribution in [0.4, 0.5) is 0 Å². The molecule has 0 aliphatic carbocycles. The van der Waals surface area contributed by atoms with Crippen molar-refractivity contribution in [3.63, 3.8) is 0 Å². The molecule has 17 heavy (non-hydrogen) atoms. The van der Waals surface area contributed by atoms with Crippen LogP contribution >= 0.6 is 0 Å². The van der Waals surface area contributed by atoms with Gasteiger partial charge in [-0.15, -0.1) is 0 Å². The third kappa shape index (κ3) is 4.50. The zero-order chi connectivity index (χ0) is 12.5. The Balaban J connectivity index is 2.52. The Morgan fingerprint density at radius 3 is 2.71 bits per heavy atom. The quantitative estimate of drug-likeness (QED) is 0.666. The first-order valence-corrected chi connectivity index (χ1v) is 7.08. The van der Waals surface area contributed by atoms with Gasteiger partial charge in [0.05, 0.1) is 5.69 Å². The van der Waals surface area contributed by atoms with Crippen LogP contribution in [0, 0.1) is 0 Å². The average molecular weight is 237 g/mol. The molecular weight excluding hydrogens is 210 g/mol. The third-order valence-corrected chi connectivity index (χ3v) is 3.20. The Bertz CT molecular complexity index is 293. The molecule has 0 bridgehead atoms. The fourth-order valence-corrected chi connectivity index (χ4v) is 2.28. The summed E-state index contributed by atoms with van der Waals surface area (Å²) in [5.74, 6) is 0. The van der Waals surface area contributed by atoms with Crippen LogP contribution < -0.4 is 5.32 Å². The van der Waals surface area contributed by atoms with E-state index in [1.807, 2.05) is 6.20 Å². The smallest absolute Gasteiger partial charge is 0.0553 e. The number of hydrogen-bond donors (Lipinski definition) is 1. The second-order valence-corrected chi connectivity index (χ2v) is 4.53. The summed E-state index contributed by atoms with van der Waals surface area (Å²) in [4.78, 5) is 0. The molecule has 1 atom stereocenters. The molecule has 1 heterocycles. The SMILES string of the molecule is CCCCCCC(NCC)c1ccnn1CC. The van der Waals surface area contributed by atoms with Crippen LogP contribution in [0.25, 0.3) is 0 Å². The van der Waals surface area contributed by atoms with Gasteiger partial charge in [-0.05, 0) is 26.0 Å². The fourth-order valence-electron chi connectivity index (χ4n) is 2.28. The maximum absolute atomic E-state index is 4.36. The molecule has 0 spiro atoms. The summed E-state index contributed by atoms with van der Waals surface area (Å²) in [6.45, 7) is 8.56. The van der Waals surface area contributed by atoms with E-state index in [-0.39, 0.29) is 0 Å². The number of aromatic nitrogens is 2. The zero-order valence-corrected chi connectivity index (χ0v) is 11.6. The van der Waals surface area contributed by atoms with Crippen LogP contribution in [0.5, 0.6) is 0 Å². The van der Waals surface area contributed by atoms with Crippen molar-refractivity contribution < 1.29 is 0 Å². The van der Waals surface area contributed by atoms with Gasteiger partial charge in [-0.1, -0.05) is 39.5 Å². The molecule has 0 radical (unpaired) electrons. The summed E-state index contributed by atoms with van der Waals surface area (Å²) >= 11 is 0. The first-order chi connectivity index (χ1) is 8.33. The molecule has 0 aromatic carbocycles. The highest BCUT2D eigenvalue weighted by Crippen LogP contribution is 2.19. The van der Waals surface area contributed by atoms with Gasteiger partial charge in [0.25, 0.3) is 0 Å². The predicted octanol–water partition coefficient (Wildman–Crippen LogP) is 3.52. The van der Waals surface area contributed by atoms with Crippen molar-refractivity contribution in [1.82, 2.24) is 15.1 Å². The van der Waals surface area contributed by atoms with E-state index in [0.717, 1.165) is 13.1 Å². The molecule has 3 heteroatoms. The Morgan fingerprint density at radius 2 is 2.06 bits per heavy atom. The van der Waals surface area contributed by atoms with Crippen molar-refractivity contribution in [3.05, 3.63) is 18.0 Å². The predicted molar refractivity (Wildman–Crippen MR) is 73.1 cm³/mol. The topological polar surface area (TPSA) is 29.9 Å². The number of unbranched alkanes of at least 4 members (excludes halogenated alkanes) is 3. The fraction of sp³-hybridized carbons (Fsp3) is 0.786. The number of hydrogen-bond acceptors (Lipinski definition) is 2. The van der Waals surface area contributed by atoms with Crippen molar-refractivity contribution in [3.8, 4) is 0 Å². The summed E-state index contributed by atoms with van der Waals surface area (Å²) in [5, 5.41) is 7.93. The molecule has 0 aliphatic heterocycles. The summed E-state index contributed by atoms with van der Waals surface area (Å²) < 4.78 is 2.10. The van der Waals surface area contributed by atoms with Crippen molar-refractivity contribution in [2.24, 2.45) is 0 Å². The van der Waals surface area contributed by atoms with Gasteiger partial charge in [0.2, 0.25) is 0 Å². The summed E-state index contributed by atoms with van der Waals surface area (Å²) in [7, 11) is 0. The van der Waals surface area contributed by atoms with Gasteiger partial charge in [0.15, 0.2) is 0 Å². The molecule has 1 aromatic heterocycles. The molecule has 0 amide bonds. The van der Waals surface area contributed by atoms with E-state index >= 15 is 0 Å². The molecule has 1 rings (SSSR count). The van der Waals surface area contributed by atoms with E-state index in [0.29, 0.717) is 6.04 Å². The van der Waals surface area contributed by atoms with Crippen LogP contribution in [0.15, 0.2) is 12.3 Å².